The van der Waals surface area contributed by atoms with Crippen molar-refractivity contribution in [1.29, 1.82) is 0 Å². The molecule has 0 atom stereocenters. The van der Waals surface area contributed by atoms with Gasteiger partial charge in [0.1, 0.15) is 12.4 Å². The fraction of sp³-hybridized carbons (Fsp3) is 0.579. The predicted molar refractivity (Wildman–Crippen MR) is 106 cm³/mol. The van der Waals surface area contributed by atoms with Crippen LogP contribution in [0.5, 0.6) is 0 Å². The van der Waals surface area contributed by atoms with E-state index in [1.807, 2.05) is 6.92 Å². The van der Waals surface area contributed by atoms with Crippen LogP contribution in [-0.2, 0) is 4.79 Å². The molecular formula is C19H32FN5O. The maximum absolute atomic E-state index is 13.1. The Morgan fingerprint density at radius 1 is 1.19 bits per heavy atom. The lowest BCUT2D eigenvalue weighted by atomic mass is 10.2. The monoisotopic (exact) mass is 365 g/mol. The van der Waals surface area contributed by atoms with Crippen LogP contribution in [0.4, 0.5) is 10.1 Å². The minimum atomic E-state index is -0.388. The molecule has 0 bridgehead atoms. The van der Waals surface area contributed by atoms with Gasteiger partial charge >= 0.3 is 0 Å². The molecule has 1 amide bonds. The van der Waals surface area contributed by atoms with Gasteiger partial charge in [0.25, 0.3) is 0 Å². The number of hydrogen-bond donors (Lipinski definition) is 3. The molecule has 6 nitrogen and oxygen atoms in total. The van der Waals surface area contributed by atoms with Gasteiger partial charge in [-0.1, -0.05) is 6.07 Å². The lowest BCUT2D eigenvalue weighted by Crippen LogP contribution is -2.45. The number of halogens is 1. The Kier molecular flexibility index (Phi) is 9.65. The summed E-state index contributed by atoms with van der Waals surface area (Å²) in [4.78, 5) is 18.7. The van der Waals surface area contributed by atoms with E-state index in [9.17, 15) is 9.18 Å². The minimum Gasteiger partial charge on any atom is -0.357 e. The highest BCUT2D eigenvalue weighted by Crippen LogP contribution is 2.08. The zero-order chi connectivity index (χ0) is 19.5. The highest BCUT2D eigenvalue weighted by molar-refractivity contribution is 5.94. The average molecular weight is 365 g/mol. The van der Waals surface area contributed by atoms with Crippen LogP contribution in [0.1, 0.15) is 34.6 Å². The molecule has 0 saturated carbocycles. The van der Waals surface area contributed by atoms with Crippen molar-refractivity contribution in [2.75, 3.05) is 31.5 Å². The second-order valence-electron chi connectivity index (χ2n) is 6.61. The molecule has 0 fully saturated rings. The largest absolute Gasteiger partial charge is 0.357 e. The van der Waals surface area contributed by atoms with Crippen molar-refractivity contribution in [1.82, 2.24) is 15.5 Å². The topological polar surface area (TPSA) is 68.8 Å². The van der Waals surface area contributed by atoms with Crippen molar-refractivity contribution in [3.8, 4) is 0 Å². The number of amides is 1. The fourth-order valence-electron chi connectivity index (χ4n) is 2.68. The molecule has 7 heteroatoms. The number of carbonyl (C=O) groups is 1. The van der Waals surface area contributed by atoms with E-state index >= 15 is 0 Å². The molecule has 0 heterocycles. The van der Waals surface area contributed by atoms with Gasteiger partial charge in [0, 0.05) is 37.4 Å². The Balaban J connectivity index is 2.53. The summed E-state index contributed by atoms with van der Waals surface area (Å²) in [6, 6.07) is 6.73. The lowest BCUT2D eigenvalue weighted by Gasteiger charge is -2.30. The van der Waals surface area contributed by atoms with Crippen molar-refractivity contribution < 1.29 is 9.18 Å². The van der Waals surface area contributed by atoms with Crippen molar-refractivity contribution in [3.05, 3.63) is 30.1 Å². The van der Waals surface area contributed by atoms with E-state index < -0.39 is 0 Å². The Bertz CT molecular complexity index is 581. The third-order valence-corrected chi connectivity index (χ3v) is 3.82. The first kappa shape index (κ1) is 21.9. The molecular weight excluding hydrogens is 333 g/mol. The number of guanidine groups is 1. The quantitative estimate of drug-likeness (QED) is 0.464. The van der Waals surface area contributed by atoms with Crippen LogP contribution < -0.4 is 16.0 Å². The smallest absolute Gasteiger partial charge is 0.246 e. The van der Waals surface area contributed by atoms with E-state index in [1.165, 1.54) is 12.1 Å². The predicted octanol–water partition coefficient (Wildman–Crippen LogP) is 2.44. The van der Waals surface area contributed by atoms with Crippen molar-refractivity contribution in [2.45, 2.75) is 46.7 Å². The maximum atomic E-state index is 13.1. The van der Waals surface area contributed by atoms with E-state index in [0.717, 1.165) is 13.1 Å². The summed E-state index contributed by atoms with van der Waals surface area (Å²) in [6.45, 7) is 13.0. The van der Waals surface area contributed by atoms with Crippen molar-refractivity contribution >= 4 is 17.6 Å². The second kappa shape index (κ2) is 11.5. The van der Waals surface area contributed by atoms with Gasteiger partial charge < -0.3 is 16.0 Å². The molecule has 1 aromatic carbocycles. The molecule has 0 aliphatic carbocycles. The molecule has 0 radical (unpaired) electrons. The summed E-state index contributed by atoms with van der Waals surface area (Å²) in [5, 5.41) is 9.00. The van der Waals surface area contributed by atoms with Crippen molar-refractivity contribution in [2.24, 2.45) is 4.99 Å². The van der Waals surface area contributed by atoms with Crippen molar-refractivity contribution in [3.63, 3.8) is 0 Å². The van der Waals surface area contributed by atoms with Crippen LogP contribution in [-0.4, -0.2) is 55.0 Å². The normalized spacial score (nSPS) is 12.0. The van der Waals surface area contributed by atoms with Gasteiger partial charge in [-0.3, -0.25) is 9.69 Å². The summed E-state index contributed by atoms with van der Waals surface area (Å²) in [5.74, 6) is -0.0886. The molecule has 0 aliphatic rings. The first-order chi connectivity index (χ1) is 12.3. The van der Waals surface area contributed by atoms with E-state index in [2.05, 4.69) is 53.5 Å². The van der Waals surface area contributed by atoms with Gasteiger partial charge in [0.05, 0.1) is 0 Å². The maximum Gasteiger partial charge on any atom is 0.246 e. The average Bonchev–Trinajstić information content (AvgIpc) is 2.55. The number of anilines is 1. The summed E-state index contributed by atoms with van der Waals surface area (Å²) >= 11 is 0. The fourth-order valence-corrected chi connectivity index (χ4v) is 2.68. The standard InChI is InChI=1S/C19H32FN5O/c1-6-21-19(22-10-11-25(14(2)3)15(4)5)23-13-18(26)24-17-9-7-8-16(20)12-17/h7-9,12,14-15H,6,10-11,13H2,1-5H3,(H,24,26)(H2,21,22,23). The third-order valence-electron chi connectivity index (χ3n) is 3.82. The number of nitrogens with zero attached hydrogens (tertiary/aromatic N) is 2. The van der Waals surface area contributed by atoms with Crippen LogP contribution >= 0.6 is 0 Å². The van der Waals surface area contributed by atoms with Gasteiger partial charge in [-0.15, -0.1) is 0 Å². The van der Waals surface area contributed by atoms with Crippen LogP contribution in [0.15, 0.2) is 29.3 Å². The van der Waals surface area contributed by atoms with Gasteiger partial charge in [-0.25, -0.2) is 9.38 Å². The molecule has 0 aliphatic heterocycles. The number of benzene rings is 1. The number of aliphatic imine (C=N–C) groups is 1. The molecule has 26 heavy (non-hydrogen) atoms. The number of hydrogen-bond acceptors (Lipinski definition) is 3. The first-order valence-corrected chi connectivity index (χ1v) is 9.16. The Hall–Kier alpha value is -2.15. The third kappa shape index (κ3) is 8.29. The molecule has 0 spiro atoms. The van der Waals surface area contributed by atoms with E-state index in [1.54, 1.807) is 12.1 Å². The Morgan fingerprint density at radius 2 is 1.88 bits per heavy atom. The van der Waals surface area contributed by atoms with E-state index in [4.69, 9.17) is 0 Å². The molecule has 0 aromatic heterocycles. The Labute approximate surface area is 156 Å². The van der Waals surface area contributed by atoms with Gasteiger partial charge in [0.15, 0.2) is 5.96 Å². The molecule has 1 rings (SSSR count). The Morgan fingerprint density at radius 3 is 2.46 bits per heavy atom. The lowest BCUT2D eigenvalue weighted by molar-refractivity contribution is -0.114. The van der Waals surface area contributed by atoms with Crippen LogP contribution in [0.25, 0.3) is 0 Å². The highest BCUT2D eigenvalue weighted by Gasteiger charge is 2.12. The molecule has 0 saturated heterocycles. The molecule has 0 unspecified atom stereocenters. The number of rotatable bonds is 9. The zero-order valence-corrected chi connectivity index (χ0v) is 16.5. The minimum absolute atomic E-state index is 0.0378. The van der Waals surface area contributed by atoms with Gasteiger partial charge in [-0.05, 0) is 52.8 Å². The van der Waals surface area contributed by atoms with Gasteiger partial charge in [-0.2, -0.15) is 0 Å². The SMILES string of the molecule is CCNC(=NCC(=O)Nc1cccc(F)c1)NCCN(C(C)C)C(C)C. The molecule has 1 aromatic rings. The summed E-state index contributed by atoms with van der Waals surface area (Å²) in [6.07, 6.45) is 0. The summed E-state index contributed by atoms with van der Waals surface area (Å²) in [5.41, 5.74) is 0.424. The van der Waals surface area contributed by atoms with E-state index in [-0.39, 0.29) is 18.3 Å². The second-order valence-corrected chi connectivity index (χ2v) is 6.61. The number of carbonyl (C=O) groups excluding carboxylic acids is 1. The van der Waals surface area contributed by atoms with Crippen LogP contribution in [0.3, 0.4) is 0 Å². The van der Waals surface area contributed by atoms with E-state index in [0.29, 0.717) is 30.3 Å². The highest BCUT2D eigenvalue weighted by atomic mass is 19.1. The first-order valence-electron chi connectivity index (χ1n) is 9.16. The van der Waals surface area contributed by atoms with Gasteiger partial charge in [0.2, 0.25) is 5.91 Å². The zero-order valence-electron chi connectivity index (χ0n) is 16.5. The number of nitrogens with one attached hydrogen (secondary N) is 3. The summed E-state index contributed by atoms with van der Waals surface area (Å²) in [7, 11) is 0. The summed E-state index contributed by atoms with van der Waals surface area (Å²) < 4.78 is 13.1. The molecule has 3 N–H and O–H groups in total. The molecule has 146 valence electrons. The van der Waals surface area contributed by atoms with Crippen LogP contribution in [0.2, 0.25) is 0 Å². The van der Waals surface area contributed by atoms with Crippen LogP contribution in [0, 0.1) is 5.82 Å².